The van der Waals surface area contributed by atoms with E-state index < -0.39 is 40.6 Å². The number of carbonyl (C=O) groups excluding carboxylic acids is 2. The van der Waals surface area contributed by atoms with Crippen LogP contribution in [0.2, 0.25) is 0 Å². The van der Waals surface area contributed by atoms with Crippen LogP contribution >= 0.6 is 0 Å². The SMILES string of the molecule is CCOC(=O)[C@H]1CCCN(C(=O)c2nn(-c3ccc(OC)cc3)c(=O)n(Cc3cccc(F)c3)c2=O)C1. The molecule has 1 amide bonds. The summed E-state index contributed by atoms with van der Waals surface area (Å²) in [6, 6.07) is 11.9. The molecule has 1 aromatic heterocycles. The molecule has 1 saturated heterocycles. The Kier molecular flexibility index (Phi) is 7.80. The molecule has 1 aliphatic heterocycles. The molecule has 3 aromatic rings. The van der Waals surface area contributed by atoms with E-state index in [1.54, 1.807) is 37.3 Å². The maximum Gasteiger partial charge on any atom is 0.352 e. The molecule has 0 aliphatic carbocycles. The predicted molar refractivity (Wildman–Crippen MR) is 131 cm³/mol. The monoisotopic (exact) mass is 510 g/mol. The van der Waals surface area contributed by atoms with Gasteiger partial charge in [-0.3, -0.25) is 19.0 Å². The maximum absolute atomic E-state index is 13.8. The number of methoxy groups -OCH3 is 1. The summed E-state index contributed by atoms with van der Waals surface area (Å²) in [5.74, 6) is -1.60. The third-order valence-electron chi connectivity index (χ3n) is 6.14. The van der Waals surface area contributed by atoms with Gasteiger partial charge in [0.2, 0.25) is 5.69 Å². The van der Waals surface area contributed by atoms with E-state index in [0.717, 1.165) is 9.25 Å². The van der Waals surface area contributed by atoms with Crippen LogP contribution in [0.15, 0.2) is 58.1 Å². The molecule has 1 fully saturated rings. The first-order chi connectivity index (χ1) is 17.8. The standard InChI is InChI=1S/C26H27FN4O6/c1-3-37-25(34)18-7-5-13-29(16-18)23(32)22-24(33)30(15-17-6-4-8-19(27)14-17)26(35)31(28-22)20-9-11-21(36-2)12-10-20/h4,6,8-12,14,18H,3,5,7,13,15-16H2,1-2H3/t18-/m0/s1. The normalized spacial score (nSPS) is 15.3. The molecule has 1 aliphatic rings. The Labute approximate surface area is 211 Å². The fourth-order valence-electron chi connectivity index (χ4n) is 4.26. The van der Waals surface area contributed by atoms with Crippen molar-refractivity contribution in [3.05, 3.63) is 86.4 Å². The minimum atomic E-state index is -0.901. The number of amides is 1. The Morgan fingerprint density at radius 3 is 2.57 bits per heavy atom. The summed E-state index contributed by atoms with van der Waals surface area (Å²) < 4.78 is 25.9. The van der Waals surface area contributed by atoms with Gasteiger partial charge in [-0.15, -0.1) is 0 Å². The first-order valence-electron chi connectivity index (χ1n) is 11.9. The lowest BCUT2D eigenvalue weighted by Crippen LogP contribution is -2.49. The molecule has 0 bridgehead atoms. The summed E-state index contributed by atoms with van der Waals surface area (Å²) in [5.41, 5.74) is -1.50. The lowest BCUT2D eigenvalue weighted by molar-refractivity contribution is -0.149. The van der Waals surface area contributed by atoms with Crippen LogP contribution in [-0.4, -0.2) is 57.9 Å². The number of hydrogen-bond donors (Lipinski definition) is 0. The molecule has 37 heavy (non-hydrogen) atoms. The third kappa shape index (κ3) is 5.60. The van der Waals surface area contributed by atoms with Gasteiger partial charge >= 0.3 is 11.7 Å². The van der Waals surface area contributed by atoms with Crippen LogP contribution in [0, 0.1) is 11.7 Å². The number of esters is 1. The van der Waals surface area contributed by atoms with Crippen molar-refractivity contribution in [1.82, 2.24) is 19.2 Å². The van der Waals surface area contributed by atoms with Gasteiger partial charge in [-0.25, -0.2) is 9.18 Å². The summed E-state index contributed by atoms with van der Waals surface area (Å²) in [5, 5.41) is 4.15. The first-order valence-corrected chi connectivity index (χ1v) is 11.9. The Morgan fingerprint density at radius 1 is 1.14 bits per heavy atom. The van der Waals surface area contributed by atoms with E-state index in [2.05, 4.69) is 5.10 Å². The fraction of sp³-hybridized carbons (Fsp3) is 0.346. The van der Waals surface area contributed by atoms with Gasteiger partial charge in [-0.1, -0.05) is 12.1 Å². The molecule has 0 N–H and O–H groups in total. The molecule has 0 radical (unpaired) electrons. The largest absolute Gasteiger partial charge is 0.497 e. The lowest BCUT2D eigenvalue weighted by atomic mass is 9.98. The zero-order valence-corrected chi connectivity index (χ0v) is 20.6. The number of benzene rings is 2. The molecular weight excluding hydrogens is 483 g/mol. The second-order valence-corrected chi connectivity index (χ2v) is 8.60. The minimum absolute atomic E-state index is 0.0738. The number of rotatable bonds is 7. The van der Waals surface area contributed by atoms with Crippen molar-refractivity contribution in [2.75, 3.05) is 26.8 Å². The van der Waals surface area contributed by atoms with Gasteiger partial charge in [0.25, 0.3) is 11.5 Å². The van der Waals surface area contributed by atoms with Crippen molar-refractivity contribution in [1.29, 1.82) is 0 Å². The summed E-state index contributed by atoms with van der Waals surface area (Å²) >= 11 is 0. The van der Waals surface area contributed by atoms with E-state index in [0.29, 0.717) is 36.4 Å². The van der Waals surface area contributed by atoms with Crippen LogP contribution in [0.1, 0.15) is 35.8 Å². The highest BCUT2D eigenvalue weighted by Gasteiger charge is 2.32. The number of ether oxygens (including phenoxy) is 2. The average molecular weight is 511 g/mol. The number of piperidine rings is 1. The molecule has 2 heterocycles. The molecule has 0 spiro atoms. The zero-order valence-electron chi connectivity index (χ0n) is 20.6. The number of aromatic nitrogens is 3. The Morgan fingerprint density at radius 2 is 1.89 bits per heavy atom. The number of hydrogen-bond acceptors (Lipinski definition) is 7. The molecule has 11 heteroatoms. The number of carbonyl (C=O) groups is 2. The molecule has 194 valence electrons. The summed E-state index contributed by atoms with van der Waals surface area (Å²) in [6.45, 7) is 2.06. The highest BCUT2D eigenvalue weighted by molar-refractivity contribution is 5.92. The van der Waals surface area contributed by atoms with Crippen LogP contribution in [0.25, 0.3) is 5.69 Å². The van der Waals surface area contributed by atoms with Crippen molar-refractivity contribution in [2.45, 2.75) is 26.3 Å². The summed E-state index contributed by atoms with van der Waals surface area (Å²) in [4.78, 5) is 53.9. The van der Waals surface area contributed by atoms with Crippen molar-refractivity contribution in [3.8, 4) is 11.4 Å². The van der Waals surface area contributed by atoms with Gasteiger partial charge in [-0.05, 0) is 61.7 Å². The van der Waals surface area contributed by atoms with Crippen molar-refractivity contribution in [3.63, 3.8) is 0 Å². The quantitative estimate of drug-likeness (QED) is 0.447. The average Bonchev–Trinajstić information content (AvgIpc) is 2.91. The van der Waals surface area contributed by atoms with Gasteiger partial charge in [0.15, 0.2) is 0 Å². The smallest absolute Gasteiger partial charge is 0.352 e. The van der Waals surface area contributed by atoms with Gasteiger partial charge in [-0.2, -0.15) is 9.78 Å². The highest BCUT2D eigenvalue weighted by atomic mass is 19.1. The molecular formula is C26H27FN4O6. The summed E-state index contributed by atoms with van der Waals surface area (Å²) in [6.07, 6.45) is 1.11. The molecule has 10 nitrogen and oxygen atoms in total. The topological polar surface area (TPSA) is 113 Å². The predicted octanol–water partition coefficient (Wildman–Crippen LogP) is 2.01. The van der Waals surface area contributed by atoms with Crippen LogP contribution in [0.5, 0.6) is 5.75 Å². The second kappa shape index (κ2) is 11.2. The zero-order chi connectivity index (χ0) is 26.5. The third-order valence-corrected chi connectivity index (χ3v) is 6.14. The highest BCUT2D eigenvalue weighted by Crippen LogP contribution is 2.19. The molecule has 1 atom stereocenters. The van der Waals surface area contributed by atoms with E-state index in [9.17, 15) is 23.6 Å². The minimum Gasteiger partial charge on any atom is -0.497 e. The van der Waals surface area contributed by atoms with Gasteiger partial charge in [0.1, 0.15) is 11.6 Å². The number of likely N-dealkylation sites (tertiary alicyclic amines) is 1. The van der Waals surface area contributed by atoms with Crippen LogP contribution in [0.4, 0.5) is 4.39 Å². The van der Waals surface area contributed by atoms with Crippen LogP contribution < -0.4 is 16.0 Å². The fourth-order valence-corrected chi connectivity index (χ4v) is 4.26. The van der Waals surface area contributed by atoms with E-state index >= 15 is 0 Å². The Hall–Kier alpha value is -4.28. The molecule has 0 unspecified atom stereocenters. The van der Waals surface area contributed by atoms with Gasteiger partial charge < -0.3 is 14.4 Å². The maximum atomic E-state index is 13.8. The summed E-state index contributed by atoms with van der Waals surface area (Å²) in [7, 11) is 1.50. The van der Waals surface area contributed by atoms with E-state index in [1.165, 1.54) is 30.2 Å². The Bertz CT molecular complexity index is 1420. The molecule has 2 aromatic carbocycles. The van der Waals surface area contributed by atoms with Crippen molar-refractivity contribution in [2.24, 2.45) is 5.92 Å². The van der Waals surface area contributed by atoms with E-state index in [4.69, 9.17) is 9.47 Å². The van der Waals surface area contributed by atoms with Crippen molar-refractivity contribution >= 4 is 11.9 Å². The second-order valence-electron chi connectivity index (χ2n) is 8.60. The van der Waals surface area contributed by atoms with Crippen molar-refractivity contribution < 1.29 is 23.5 Å². The van der Waals surface area contributed by atoms with E-state index in [1.807, 2.05) is 0 Å². The molecule has 4 rings (SSSR count). The number of nitrogens with zero attached hydrogens (tertiary/aromatic N) is 4. The Balaban J connectivity index is 1.78. The van der Waals surface area contributed by atoms with Gasteiger partial charge in [0, 0.05) is 13.1 Å². The molecule has 0 saturated carbocycles. The van der Waals surface area contributed by atoms with Crippen LogP contribution in [-0.2, 0) is 16.1 Å². The van der Waals surface area contributed by atoms with Crippen LogP contribution in [0.3, 0.4) is 0 Å². The first kappa shape index (κ1) is 25.8. The lowest BCUT2D eigenvalue weighted by Gasteiger charge is -2.31. The van der Waals surface area contributed by atoms with E-state index in [-0.39, 0.29) is 19.7 Å². The number of halogens is 1. The van der Waals surface area contributed by atoms with Gasteiger partial charge in [0.05, 0.1) is 31.9 Å².